The molecule has 0 spiro atoms. The molecule has 3 aromatic heterocycles. The van der Waals surface area contributed by atoms with Gasteiger partial charge in [0.1, 0.15) is 5.51 Å². The Kier molecular flexibility index (Phi) is 5.29. The maximum atomic E-state index is 12.0. The maximum Gasteiger partial charge on any atom is 0.236 e. The van der Waals surface area contributed by atoms with Crippen molar-refractivity contribution in [1.29, 1.82) is 0 Å². The van der Waals surface area contributed by atoms with Gasteiger partial charge < -0.3 is 0 Å². The van der Waals surface area contributed by atoms with Gasteiger partial charge in [-0.15, -0.1) is 27.0 Å². The molecule has 0 saturated carbocycles. The third-order valence-electron chi connectivity index (χ3n) is 2.91. The van der Waals surface area contributed by atoms with E-state index in [1.165, 1.54) is 23.1 Å². The standard InChI is InChI=1S/C14H13N7OS2/c1-2-7-21-12(10-3-5-15-6-4-10)18-20-14(21)23-8-11(22)17-13-19-16-9-24-13/h2-6,9H,1,7-8H2,(H,17,19,22). The van der Waals surface area contributed by atoms with Gasteiger partial charge in [0, 0.05) is 24.5 Å². The molecule has 0 aliphatic heterocycles. The molecule has 0 unspecified atom stereocenters. The largest absolute Gasteiger partial charge is 0.300 e. The van der Waals surface area contributed by atoms with Gasteiger partial charge in [0.25, 0.3) is 0 Å². The molecule has 0 saturated heterocycles. The summed E-state index contributed by atoms with van der Waals surface area (Å²) in [5.41, 5.74) is 2.47. The first-order valence-corrected chi connectivity index (χ1v) is 8.77. The first kappa shape index (κ1) is 16.3. The summed E-state index contributed by atoms with van der Waals surface area (Å²) in [5.74, 6) is 0.741. The SMILES string of the molecule is C=CCn1c(SCC(=O)Nc2nncs2)nnc1-c1ccncc1. The third kappa shape index (κ3) is 3.84. The van der Waals surface area contributed by atoms with Crippen LogP contribution in [-0.4, -0.2) is 41.6 Å². The predicted molar refractivity (Wildman–Crippen MR) is 92.7 cm³/mol. The highest BCUT2D eigenvalue weighted by atomic mass is 32.2. The molecule has 3 rings (SSSR count). The van der Waals surface area contributed by atoms with E-state index in [9.17, 15) is 4.79 Å². The smallest absolute Gasteiger partial charge is 0.236 e. The fraction of sp³-hybridized carbons (Fsp3) is 0.143. The second-order valence-electron chi connectivity index (χ2n) is 4.52. The molecule has 0 radical (unpaired) electrons. The van der Waals surface area contributed by atoms with Crippen molar-refractivity contribution in [3.63, 3.8) is 0 Å². The van der Waals surface area contributed by atoms with Gasteiger partial charge in [-0.05, 0) is 12.1 Å². The number of carbonyl (C=O) groups excluding carboxylic acids is 1. The number of carbonyl (C=O) groups is 1. The zero-order chi connectivity index (χ0) is 16.8. The fourth-order valence-electron chi connectivity index (χ4n) is 1.92. The van der Waals surface area contributed by atoms with Crippen molar-refractivity contribution < 1.29 is 4.79 Å². The van der Waals surface area contributed by atoms with Gasteiger partial charge in [-0.2, -0.15) is 0 Å². The van der Waals surface area contributed by atoms with Crippen LogP contribution in [0.5, 0.6) is 0 Å². The summed E-state index contributed by atoms with van der Waals surface area (Å²) in [6.45, 7) is 4.31. The third-order valence-corrected chi connectivity index (χ3v) is 4.48. The van der Waals surface area contributed by atoms with Crippen LogP contribution in [0.3, 0.4) is 0 Å². The van der Waals surface area contributed by atoms with Crippen molar-refractivity contribution in [3.8, 4) is 11.4 Å². The number of rotatable bonds is 7. The highest BCUT2D eigenvalue weighted by Crippen LogP contribution is 2.23. The summed E-state index contributed by atoms with van der Waals surface area (Å²) in [4.78, 5) is 16.0. The summed E-state index contributed by atoms with van der Waals surface area (Å²) in [7, 11) is 0. The number of allylic oxidation sites excluding steroid dienone is 1. The van der Waals surface area contributed by atoms with Gasteiger partial charge in [0.15, 0.2) is 11.0 Å². The van der Waals surface area contributed by atoms with Gasteiger partial charge in [0.05, 0.1) is 5.75 Å². The van der Waals surface area contributed by atoms with Gasteiger partial charge in [0.2, 0.25) is 11.0 Å². The minimum absolute atomic E-state index is 0.171. The summed E-state index contributed by atoms with van der Waals surface area (Å²) in [6, 6.07) is 3.72. The van der Waals surface area contributed by atoms with E-state index in [1.807, 2.05) is 16.7 Å². The zero-order valence-electron chi connectivity index (χ0n) is 12.5. The number of anilines is 1. The highest BCUT2D eigenvalue weighted by molar-refractivity contribution is 7.99. The van der Waals surface area contributed by atoms with Crippen molar-refractivity contribution >= 4 is 34.1 Å². The second kappa shape index (κ2) is 7.79. The van der Waals surface area contributed by atoms with E-state index in [4.69, 9.17) is 0 Å². The Balaban J connectivity index is 1.72. The molecule has 0 aliphatic carbocycles. The molecule has 0 fully saturated rings. The van der Waals surface area contributed by atoms with E-state index in [-0.39, 0.29) is 11.7 Å². The number of thioether (sulfide) groups is 1. The predicted octanol–water partition coefficient (Wildman–Crippen LogP) is 2.11. The topological polar surface area (TPSA) is 98.5 Å². The number of pyridine rings is 1. The van der Waals surface area contributed by atoms with E-state index in [0.29, 0.717) is 22.7 Å². The van der Waals surface area contributed by atoms with Gasteiger partial charge >= 0.3 is 0 Å². The quantitative estimate of drug-likeness (QED) is 0.509. The van der Waals surface area contributed by atoms with Crippen LogP contribution in [0.25, 0.3) is 11.4 Å². The Morgan fingerprint density at radius 2 is 2.17 bits per heavy atom. The number of aromatic nitrogens is 6. The molecular weight excluding hydrogens is 346 g/mol. The monoisotopic (exact) mass is 359 g/mol. The van der Waals surface area contributed by atoms with Crippen LogP contribution in [0, 0.1) is 0 Å². The van der Waals surface area contributed by atoms with Crippen molar-refractivity contribution in [2.24, 2.45) is 0 Å². The lowest BCUT2D eigenvalue weighted by Crippen LogP contribution is -2.14. The van der Waals surface area contributed by atoms with E-state index in [2.05, 4.69) is 37.3 Å². The van der Waals surface area contributed by atoms with Gasteiger partial charge in [-0.1, -0.05) is 29.2 Å². The lowest BCUT2D eigenvalue weighted by Gasteiger charge is -2.07. The molecule has 8 nitrogen and oxygen atoms in total. The molecule has 0 atom stereocenters. The highest BCUT2D eigenvalue weighted by Gasteiger charge is 2.15. The molecule has 1 amide bonds. The van der Waals surface area contributed by atoms with Crippen molar-refractivity contribution in [3.05, 3.63) is 42.7 Å². The summed E-state index contributed by atoms with van der Waals surface area (Å²) >= 11 is 2.57. The molecule has 1 N–H and O–H groups in total. The number of hydrogen-bond donors (Lipinski definition) is 1. The number of nitrogens with one attached hydrogen (secondary N) is 1. The molecular formula is C14H13N7OS2. The van der Waals surface area contributed by atoms with Crippen molar-refractivity contribution in [2.75, 3.05) is 11.1 Å². The van der Waals surface area contributed by atoms with E-state index < -0.39 is 0 Å². The normalized spacial score (nSPS) is 10.5. The first-order valence-electron chi connectivity index (χ1n) is 6.91. The Labute approximate surface area is 146 Å². The maximum absolute atomic E-state index is 12.0. The van der Waals surface area contributed by atoms with Gasteiger partial charge in [-0.3, -0.25) is 19.7 Å². The van der Waals surface area contributed by atoms with Crippen LogP contribution in [-0.2, 0) is 11.3 Å². The minimum atomic E-state index is -0.171. The van der Waals surface area contributed by atoms with E-state index >= 15 is 0 Å². The van der Waals surface area contributed by atoms with Crippen LogP contribution in [0.1, 0.15) is 0 Å². The molecule has 10 heteroatoms. The van der Waals surface area contributed by atoms with Crippen LogP contribution in [0.2, 0.25) is 0 Å². The first-order chi connectivity index (χ1) is 11.8. The summed E-state index contributed by atoms with van der Waals surface area (Å²) in [5, 5.41) is 19.7. The number of amides is 1. The van der Waals surface area contributed by atoms with Crippen molar-refractivity contribution in [1.82, 2.24) is 29.9 Å². The molecule has 3 heterocycles. The lowest BCUT2D eigenvalue weighted by molar-refractivity contribution is -0.113. The lowest BCUT2D eigenvalue weighted by atomic mass is 10.2. The average Bonchev–Trinajstić information content (AvgIpc) is 3.24. The number of nitrogens with zero attached hydrogens (tertiary/aromatic N) is 6. The second-order valence-corrected chi connectivity index (χ2v) is 6.30. The van der Waals surface area contributed by atoms with Crippen molar-refractivity contribution in [2.45, 2.75) is 11.7 Å². The molecule has 122 valence electrons. The fourth-order valence-corrected chi connectivity index (χ4v) is 3.13. The average molecular weight is 359 g/mol. The van der Waals surface area contributed by atoms with Crippen LogP contribution < -0.4 is 5.32 Å². The summed E-state index contributed by atoms with van der Waals surface area (Å²) in [6.07, 6.45) is 5.16. The Morgan fingerprint density at radius 3 is 2.88 bits per heavy atom. The van der Waals surface area contributed by atoms with E-state index in [1.54, 1.807) is 24.0 Å². The summed E-state index contributed by atoms with van der Waals surface area (Å²) < 4.78 is 1.91. The molecule has 0 bridgehead atoms. The Hall–Kier alpha value is -2.59. The molecule has 3 aromatic rings. The van der Waals surface area contributed by atoms with Crippen LogP contribution >= 0.6 is 23.1 Å². The zero-order valence-corrected chi connectivity index (χ0v) is 14.1. The number of hydrogen-bond acceptors (Lipinski definition) is 8. The molecule has 0 aliphatic rings. The molecule has 0 aromatic carbocycles. The molecule has 24 heavy (non-hydrogen) atoms. The van der Waals surface area contributed by atoms with Crippen LogP contribution in [0.15, 0.2) is 47.8 Å². The minimum Gasteiger partial charge on any atom is -0.300 e. The van der Waals surface area contributed by atoms with Gasteiger partial charge in [-0.25, -0.2) is 0 Å². The van der Waals surface area contributed by atoms with E-state index in [0.717, 1.165) is 5.56 Å². The van der Waals surface area contributed by atoms with Crippen LogP contribution in [0.4, 0.5) is 5.13 Å². The Morgan fingerprint density at radius 1 is 1.33 bits per heavy atom. The Bertz CT molecular complexity index is 817.